The highest BCUT2D eigenvalue weighted by molar-refractivity contribution is 5.30. The van der Waals surface area contributed by atoms with E-state index in [4.69, 9.17) is 0 Å². The molecule has 0 radical (unpaired) electrons. The fourth-order valence-corrected chi connectivity index (χ4v) is 0.990. The molecule has 0 N–H and O–H groups in total. The molecule has 0 aromatic heterocycles. The summed E-state index contributed by atoms with van der Waals surface area (Å²) in [5.41, 5.74) is 1.19. The quantitative estimate of drug-likeness (QED) is 0.490. The molecule has 0 aromatic carbocycles. The lowest BCUT2D eigenvalue weighted by Crippen LogP contribution is -2.07. The van der Waals surface area contributed by atoms with Crippen molar-refractivity contribution in [2.75, 3.05) is 0 Å². The molecule has 0 amide bonds. The van der Waals surface area contributed by atoms with E-state index in [1.54, 1.807) is 19.9 Å². The second kappa shape index (κ2) is 2.52. The fourth-order valence-electron chi connectivity index (χ4n) is 0.990. The van der Waals surface area contributed by atoms with Crippen molar-refractivity contribution < 1.29 is 8.78 Å². The zero-order chi connectivity index (χ0) is 7.72. The third-order valence-electron chi connectivity index (χ3n) is 1.72. The molecule has 0 spiro atoms. The van der Waals surface area contributed by atoms with Gasteiger partial charge < -0.3 is 0 Å². The van der Waals surface area contributed by atoms with E-state index in [1.807, 2.05) is 0 Å². The van der Waals surface area contributed by atoms with Crippen molar-refractivity contribution in [1.82, 2.24) is 0 Å². The predicted molar refractivity (Wildman–Crippen MR) is 37.1 cm³/mol. The first-order valence-corrected chi connectivity index (χ1v) is 3.29. The lowest BCUT2D eigenvalue weighted by Gasteiger charge is -2.13. The molecular weight excluding hydrogens is 134 g/mol. The van der Waals surface area contributed by atoms with Crippen LogP contribution in [0.3, 0.4) is 0 Å². The van der Waals surface area contributed by atoms with Crippen molar-refractivity contribution in [3.63, 3.8) is 0 Å². The van der Waals surface area contributed by atoms with Gasteiger partial charge in [-0.05, 0) is 25.0 Å². The smallest absolute Gasteiger partial charge is 0.127 e. The molecule has 1 aliphatic rings. The molecule has 0 fully saturated rings. The largest absolute Gasteiger partial charge is 0.242 e. The van der Waals surface area contributed by atoms with Crippen molar-refractivity contribution in [3.8, 4) is 0 Å². The van der Waals surface area contributed by atoms with Gasteiger partial charge in [0.25, 0.3) is 0 Å². The van der Waals surface area contributed by atoms with Crippen molar-refractivity contribution in [1.29, 1.82) is 0 Å². The normalized spacial score (nSPS) is 26.8. The summed E-state index contributed by atoms with van der Waals surface area (Å²) in [5, 5.41) is 0. The van der Waals surface area contributed by atoms with Crippen molar-refractivity contribution >= 4 is 0 Å². The van der Waals surface area contributed by atoms with Gasteiger partial charge in [0.15, 0.2) is 0 Å². The molecule has 1 unspecified atom stereocenters. The number of rotatable bonds is 0. The molecule has 0 saturated heterocycles. The van der Waals surface area contributed by atoms with Crippen LogP contribution in [-0.2, 0) is 0 Å². The summed E-state index contributed by atoms with van der Waals surface area (Å²) in [6.07, 6.45) is 0.376. The van der Waals surface area contributed by atoms with Crippen molar-refractivity contribution in [3.05, 3.63) is 23.0 Å². The highest BCUT2D eigenvalue weighted by Crippen LogP contribution is 2.26. The fraction of sp³-hybridized carbons (Fsp3) is 0.500. The van der Waals surface area contributed by atoms with Gasteiger partial charge in [0, 0.05) is 6.42 Å². The highest BCUT2D eigenvalue weighted by Gasteiger charge is 2.17. The van der Waals surface area contributed by atoms with Gasteiger partial charge in [0.1, 0.15) is 12.0 Å². The van der Waals surface area contributed by atoms with Gasteiger partial charge in [0.2, 0.25) is 0 Å². The van der Waals surface area contributed by atoms with E-state index in [9.17, 15) is 8.78 Å². The number of halogens is 2. The Balaban J connectivity index is 2.88. The lowest BCUT2D eigenvalue weighted by molar-refractivity contribution is 0.349. The van der Waals surface area contributed by atoms with Gasteiger partial charge in [0.05, 0.1) is 0 Å². The van der Waals surface area contributed by atoms with Gasteiger partial charge >= 0.3 is 0 Å². The summed E-state index contributed by atoms with van der Waals surface area (Å²) in [5.74, 6) is -0.321. The molecule has 0 heterocycles. The van der Waals surface area contributed by atoms with E-state index < -0.39 is 6.17 Å². The highest BCUT2D eigenvalue weighted by atomic mass is 19.1. The number of allylic oxidation sites excluding steroid dienone is 4. The number of hydrogen-bond donors (Lipinski definition) is 0. The summed E-state index contributed by atoms with van der Waals surface area (Å²) in [6, 6.07) is 0. The summed E-state index contributed by atoms with van der Waals surface area (Å²) >= 11 is 0. The van der Waals surface area contributed by atoms with Crippen LogP contribution in [0.1, 0.15) is 20.3 Å². The van der Waals surface area contributed by atoms with Crippen LogP contribution in [0.25, 0.3) is 0 Å². The molecule has 56 valence electrons. The zero-order valence-corrected chi connectivity index (χ0v) is 6.12. The Kier molecular flexibility index (Phi) is 1.88. The van der Waals surface area contributed by atoms with E-state index in [-0.39, 0.29) is 12.2 Å². The SMILES string of the molecule is CC1=CC(C)=C(F)CC1F. The molecule has 10 heavy (non-hydrogen) atoms. The lowest BCUT2D eigenvalue weighted by atomic mass is 9.99. The molecular formula is C8H10F2. The van der Waals surface area contributed by atoms with Crippen LogP contribution in [0.15, 0.2) is 23.0 Å². The third kappa shape index (κ3) is 1.25. The van der Waals surface area contributed by atoms with Crippen molar-refractivity contribution in [2.24, 2.45) is 0 Å². The van der Waals surface area contributed by atoms with E-state index in [0.717, 1.165) is 0 Å². The van der Waals surface area contributed by atoms with Crippen LogP contribution in [0, 0.1) is 0 Å². The van der Waals surface area contributed by atoms with Crippen LogP contribution in [0.4, 0.5) is 8.78 Å². The van der Waals surface area contributed by atoms with E-state index in [2.05, 4.69) is 0 Å². The predicted octanol–water partition coefficient (Wildman–Crippen LogP) is 2.92. The minimum atomic E-state index is -1.11. The van der Waals surface area contributed by atoms with Crippen LogP contribution in [-0.4, -0.2) is 6.17 Å². The Labute approximate surface area is 59.2 Å². The van der Waals surface area contributed by atoms with Gasteiger partial charge in [-0.25, -0.2) is 8.78 Å². The molecule has 2 heteroatoms. The Morgan fingerprint density at radius 3 is 2.60 bits per heavy atom. The van der Waals surface area contributed by atoms with Crippen molar-refractivity contribution in [2.45, 2.75) is 26.4 Å². The summed E-state index contributed by atoms with van der Waals surface area (Å²) in [6.45, 7) is 3.34. The average molecular weight is 144 g/mol. The van der Waals surface area contributed by atoms with E-state index >= 15 is 0 Å². The second-order valence-electron chi connectivity index (χ2n) is 2.65. The third-order valence-corrected chi connectivity index (χ3v) is 1.72. The molecule has 0 aliphatic heterocycles. The summed E-state index contributed by atoms with van der Waals surface area (Å²) in [7, 11) is 0. The Morgan fingerprint density at radius 2 is 2.10 bits per heavy atom. The van der Waals surface area contributed by atoms with E-state index in [1.165, 1.54) is 0 Å². The van der Waals surface area contributed by atoms with Crippen LogP contribution in [0.5, 0.6) is 0 Å². The van der Waals surface area contributed by atoms with E-state index in [0.29, 0.717) is 11.1 Å². The maximum absolute atomic E-state index is 12.7. The summed E-state index contributed by atoms with van der Waals surface area (Å²) in [4.78, 5) is 0. The molecule has 0 saturated carbocycles. The molecule has 0 nitrogen and oxygen atoms in total. The zero-order valence-electron chi connectivity index (χ0n) is 6.12. The van der Waals surface area contributed by atoms with Gasteiger partial charge in [-0.1, -0.05) is 6.08 Å². The molecule has 1 atom stereocenters. The molecule has 0 aromatic rings. The first kappa shape index (κ1) is 7.45. The van der Waals surface area contributed by atoms with Crippen LogP contribution >= 0.6 is 0 Å². The molecule has 1 aliphatic carbocycles. The summed E-state index contributed by atoms with van der Waals surface area (Å²) < 4.78 is 25.3. The topological polar surface area (TPSA) is 0 Å². The first-order valence-electron chi connectivity index (χ1n) is 3.29. The van der Waals surface area contributed by atoms with Gasteiger partial charge in [-0.15, -0.1) is 0 Å². The van der Waals surface area contributed by atoms with Gasteiger partial charge in [-0.2, -0.15) is 0 Å². The van der Waals surface area contributed by atoms with Crippen LogP contribution < -0.4 is 0 Å². The Hall–Kier alpha value is -0.660. The number of alkyl halides is 1. The molecule has 0 bridgehead atoms. The number of hydrogen-bond acceptors (Lipinski definition) is 0. The molecule has 1 rings (SSSR count). The maximum atomic E-state index is 12.7. The Bertz CT molecular complexity index is 201. The second-order valence-corrected chi connectivity index (χ2v) is 2.65. The minimum Gasteiger partial charge on any atom is -0.242 e. The first-order chi connectivity index (χ1) is 4.61. The minimum absolute atomic E-state index is 0.0752. The van der Waals surface area contributed by atoms with Crippen LogP contribution in [0.2, 0.25) is 0 Å². The monoisotopic (exact) mass is 144 g/mol. The maximum Gasteiger partial charge on any atom is 0.127 e. The average Bonchev–Trinajstić information content (AvgIpc) is 1.84. The van der Waals surface area contributed by atoms with Gasteiger partial charge in [-0.3, -0.25) is 0 Å². The Morgan fingerprint density at radius 1 is 1.50 bits per heavy atom. The standard InChI is InChI=1S/C8H10F2/c1-5-3-6(2)8(10)4-7(5)9/h3,7H,4H2,1-2H3.